The fourth-order valence-electron chi connectivity index (χ4n) is 6.59. The van der Waals surface area contributed by atoms with Crippen molar-refractivity contribution in [3.05, 3.63) is 94.8 Å². The highest BCUT2D eigenvalue weighted by atomic mass is 35.5. The maximum atomic E-state index is 15.4. The summed E-state index contributed by atoms with van der Waals surface area (Å²) in [7, 11) is 1.67. The largest absolute Gasteiger partial charge is 1.00 e. The first-order chi connectivity index (χ1) is 24.0. The molecule has 270 valence electrons. The summed E-state index contributed by atoms with van der Waals surface area (Å²) >= 11 is 0. The maximum Gasteiger partial charge on any atom is 0.325 e. The predicted molar refractivity (Wildman–Crippen MR) is 179 cm³/mol. The molecule has 3 heterocycles. The number of halogens is 3. The molecule has 51 heavy (non-hydrogen) atoms. The van der Waals surface area contributed by atoms with E-state index in [-0.39, 0.29) is 49.6 Å². The summed E-state index contributed by atoms with van der Waals surface area (Å²) in [5, 5.41) is 31.5. The average Bonchev–Trinajstić information content (AvgIpc) is 3.85. The monoisotopic (exact) mass is 724 g/mol. The van der Waals surface area contributed by atoms with Crippen LogP contribution in [0.2, 0.25) is 0 Å². The van der Waals surface area contributed by atoms with E-state index < -0.39 is 23.3 Å². The predicted octanol–water partition coefficient (Wildman–Crippen LogP) is -1.49. The maximum absolute atomic E-state index is 15.4. The van der Waals surface area contributed by atoms with E-state index in [9.17, 15) is 19.1 Å². The quantitative estimate of drug-likeness (QED) is 0.118. The second-order valence-corrected chi connectivity index (χ2v) is 12.6. The van der Waals surface area contributed by atoms with Crippen LogP contribution in [0.3, 0.4) is 0 Å². The Morgan fingerprint density at radius 3 is 2.43 bits per heavy atom. The Morgan fingerprint density at radius 1 is 1.08 bits per heavy atom. The molecule has 0 radical (unpaired) electrons. The van der Waals surface area contributed by atoms with E-state index in [1.807, 2.05) is 30.9 Å². The second-order valence-electron chi connectivity index (χ2n) is 12.6. The first-order valence-electron chi connectivity index (χ1n) is 16.1. The summed E-state index contributed by atoms with van der Waals surface area (Å²) in [4.78, 5) is 30.9. The molecule has 3 aromatic carbocycles. The third kappa shape index (κ3) is 7.83. The van der Waals surface area contributed by atoms with Crippen LogP contribution in [-0.2, 0) is 16.9 Å². The Bertz CT molecular complexity index is 1880. The Kier molecular flexibility index (Phi) is 11.3. The van der Waals surface area contributed by atoms with Gasteiger partial charge in [0.2, 0.25) is 0 Å². The number of hydrogen-bond acceptors (Lipinski definition) is 10. The molecule has 0 bridgehead atoms. The van der Waals surface area contributed by atoms with E-state index >= 15 is 4.39 Å². The summed E-state index contributed by atoms with van der Waals surface area (Å²) in [6, 6.07) is 12.8. The molecule has 4 aromatic rings. The molecule has 1 fully saturated rings. The molecule has 17 heteroatoms. The van der Waals surface area contributed by atoms with Crippen molar-refractivity contribution < 1.29 is 45.6 Å². The van der Waals surface area contributed by atoms with E-state index in [0.29, 0.717) is 41.9 Å². The summed E-state index contributed by atoms with van der Waals surface area (Å²) in [5.74, 6) is -1.55. The normalized spacial score (nSPS) is 17.4. The number of nitrogens with zero attached hydrogens (tertiary/aromatic N) is 8. The number of esters is 1. The molecule has 1 unspecified atom stereocenters. The molecule has 0 saturated carbocycles. The number of rotatable bonds is 12. The van der Waals surface area contributed by atoms with E-state index in [1.54, 1.807) is 49.5 Å². The molecule has 14 nitrogen and oxygen atoms in total. The number of carbonyl (C=O) groups is 2. The van der Waals surface area contributed by atoms with Crippen LogP contribution in [0.25, 0.3) is 5.69 Å². The lowest BCUT2D eigenvalue weighted by Crippen LogP contribution is -3.09. The smallest absolute Gasteiger partial charge is 0.325 e. The van der Waals surface area contributed by atoms with Crippen molar-refractivity contribution in [2.24, 2.45) is 5.10 Å². The van der Waals surface area contributed by atoms with Crippen LogP contribution in [0.4, 0.5) is 19.3 Å². The van der Waals surface area contributed by atoms with Gasteiger partial charge in [0, 0.05) is 37.0 Å². The highest BCUT2D eigenvalue weighted by Gasteiger charge is 2.49. The van der Waals surface area contributed by atoms with Crippen molar-refractivity contribution in [2.45, 2.75) is 39.0 Å². The lowest BCUT2D eigenvalue weighted by molar-refractivity contribution is -0.915. The van der Waals surface area contributed by atoms with Gasteiger partial charge >= 0.3 is 12.0 Å². The van der Waals surface area contributed by atoms with Crippen LogP contribution < -0.4 is 32.4 Å². The van der Waals surface area contributed by atoms with Crippen molar-refractivity contribution >= 4 is 24.0 Å². The molecule has 2 amide bonds. The molecule has 3 atom stereocenters. The number of ether oxygens (including phenoxy) is 1. The summed E-state index contributed by atoms with van der Waals surface area (Å²) in [6.45, 7) is 6.82. The Labute approximate surface area is 299 Å². The van der Waals surface area contributed by atoms with Crippen LogP contribution >= 0.6 is 0 Å². The van der Waals surface area contributed by atoms with Gasteiger partial charge in [0.25, 0.3) is 0 Å². The number of aromatic nitrogens is 4. The minimum atomic E-state index is -1.94. The van der Waals surface area contributed by atoms with Crippen LogP contribution in [0.1, 0.15) is 29.2 Å². The van der Waals surface area contributed by atoms with E-state index in [0.717, 1.165) is 28.8 Å². The van der Waals surface area contributed by atoms with Crippen LogP contribution in [0, 0.1) is 25.5 Å². The van der Waals surface area contributed by atoms with E-state index in [4.69, 9.17) is 4.74 Å². The average molecular weight is 725 g/mol. The number of hydrogen-bond donors (Lipinski definition) is 3. The van der Waals surface area contributed by atoms with Crippen molar-refractivity contribution in [1.82, 2.24) is 35.3 Å². The number of urea groups is 1. The standard InChI is InChI=1S/C34H38F2N10O4.ClH/c1-22-13-25(14-23(2)32(22)50-31(47)16-37-4)17-42-20-39-43(21-42)18-34(49,29-10-5-26(35)15-30(29)36)24(3)44-11-12-45(33(44)48)27-6-8-28(9-7-27)46-19-38-40-41-46;/h5-10,13-15,19-20,24,37,49H,11-12,16-18,21H2,1-4H3;1H/t24-,34-;/m1./s1. The highest BCUT2D eigenvalue weighted by Crippen LogP contribution is 2.33. The number of nitrogens with one attached hydrogen (secondary N) is 2. The van der Waals surface area contributed by atoms with E-state index in [2.05, 4.69) is 25.9 Å². The van der Waals surface area contributed by atoms with Crippen LogP contribution in [0.5, 0.6) is 5.75 Å². The molecule has 0 aliphatic carbocycles. The fraction of sp³-hybridized carbons (Fsp3) is 0.353. The minimum absolute atomic E-state index is 0. The van der Waals surface area contributed by atoms with Crippen molar-refractivity contribution in [1.29, 1.82) is 0 Å². The third-order valence-corrected chi connectivity index (χ3v) is 9.08. The fourth-order valence-corrected chi connectivity index (χ4v) is 6.59. The first-order valence-corrected chi connectivity index (χ1v) is 16.1. The number of likely N-dealkylation sites (N-methyl/N-ethyl adjacent to an activating group) is 1. The van der Waals surface area contributed by atoms with Crippen molar-refractivity contribution in [3.63, 3.8) is 0 Å². The van der Waals surface area contributed by atoms with Crippen molar-refractivity contribution in [3.8, 4) is 11.4 Å². The SMILES string of the molecule is CNCC(=O)Oc1c(C)cc(CN2C=N[NH+](C[C@](O)(c3ccc(F)cc3F)[C@@H](C)N3CCN(c4ccc(-n5cnnn5)cc4)C3=O)C2)cc1C.[Cl-]. The van der Waals surface area contributed by atoms with Gasteiger partial charge in [-0.05, 0) is 91.3 Å². The number of quaternary nitrogens is 1. The van der Waals surface area contributed by atoms with Gasteiger partial charge in [0.1, 0.15) is 30.3 Å². The second kappa shape index (κ2) is 15.5. The Hall–Kier alpha value is -5.03. The number of benzene rings is 3. The molecule has 2 aliphatic heterocycles. The summed E-state index contributed by atoms with van der Waals surface area (Å²) in [5.41, 5.74) is 1.87. The van der Waals surface area contributed by atoms with Gasteiger partial charge in [-0.15, -0.1) is 5.10 Å². The van der Waals surface area contributed by atoms with Gasteiger partial charge in [-0.1, -0.05) is 17.2 Å². The molecule has 2 aliphatic rings. The van der Waals surface area contributed by atoms with Gasteiger partial charge in [-0.25, -0.2) is 18.3 Å². The number of aliphatic hydroxyl groups is 1. The topological polar surface area (TPSA) is 146 Å². The zero-order valence-corrected chi connectivity index (χ0v) is 29.3. The first kappa shape index (κ1) is 37.2. The molecule has 1 saturated heterocycles. The molecule has 0 spiro atoms. The third-order valence-electron chi connectivity index (χ3n) is 9.08. The zero-order chi connectivity index (χ0) is 35.6. The number of tetrazole rings is 1. The number of carbonyl (C=O) groups excluding carboxylic acids is 2. The molecule has 3 N–H and O–H groups in total. The number of aryl methyl sites for hydroxylation is 2. The summed E-state index contributed by atoms with van der Waals surface area (Å²) in [6.07, 6.45) is 3.13. The Balaban J connectivity index is 0.00000504. The molecule has 6 rings (SSSR count). The van der Waals surface area contributed by atoms with Gasteiger partial charge in [-0.3, -0.25) is 9.69 Å². The lowest BCUT2D eigenvalue weighted by Gasteiger charge is -2.39. The number of amides is 2. The van der Waals surface area contributed by atoms with Gasteiger partial charge in [-0.2, -0.15) is 5.01 Å². The van der Waals surface area contributed by atoms with Crippen molar-refractivity contribution in [2.75, 3.05) is 44.8 Å². The van der Waals surface area contributed by atoms with Gasteiger partial charge in [0.15, 0.2) is 18.6 Å². The minimum Gasteiger partial charge on any atom is -1.00 e. The zero-order valence-electron chi connectivity index (χ0n) is 28.6. The lowest BCUT2D eigenvalue weighted by atomic mass is 9.85. The van der Waals surface area contributed by atoms with Crippen LogP contribution in [-0.4, -0.2) is 99.4 Å². The molecular weight excluding hydrogens is 686 g/mol. The van der Waals surface area contributed by atoms with E-state index in [1.165, 1.54) is 22.0 Å². The van der Waals surface area contributed by atoms with Gasteiger partial charge in [0.05, 0.1) is 18.3 Å². The molecule has 1 aromatic heterocycles. The summed E-state index contributed by atoms with van der Waals surface area (Å²) < 4.78 is 36.5. The molecular formula is C34H39ClF2N10O4. The highest BCUT2D eigenvalue weighted by molar-refractivity contribution is 5.94. The van der Waals surface area contributed by atoms with Gasteiger partial charge < -0.3 is 37.4 Å². The number of anilines is 1. The Morgan fingerprint density at radius 2 is 1.78 bits per heavy atom. The van der Waals surface area contributed by atoms with Crippen LogP contribution in [0.15, 0.2) is 66.0 Å².